The van der Waals surface area contributed by atoms with Crippen LogP contribution in [-0.2, 0) is 4.84 Å². The summed E-state index contributed by atoms with van der Waals surface area (Å²) in [5.41, 5.74) is 5.09. The van der Waals surface area contributed by atoms with E-state index in [0.29, 0.717) is 6.54 Å². The molecule has 5 nitrogen and oxygen atoms in total. The number of nitrogens with zero attached hydrogens (tertiary/aromatic N) is 1. The number of hydrogen-bond donors (Lipinski definition) is 3. The summed E-state index contributed by atoms with van der Waals surface area (Å²) in [7, 11) is 0. The van der Waals surface area contributed by atoms with E-state index >= 15 is 0 Å². The normalized spacial score (nSPS) is 9.40. The summed E-state index contributed by atoms with van der Waals surface area (Å²) >= 11 is 0. The molecule has 0 heterocycles. The van der Waals surface area contributed by atoms with E-state index in [4.69, 9.17) is 21.1 Å². The van der Waals surface area contributed by atoms with Crippen molar-refractivity contribution in [2.45, 2.75) is 6.92 Å². The lowest BCUT2D eigenvalue weighted by molar-refractivity contribution is -0.107. The van der Waals surface area contributed by atoms with Gasteiger partial charge in [-0.15, -0.1) is 0 Å². The Hall–Kier alpha value is -0.810. The molecule has 0 aromatic rings. The molecule has 5 heteroatoms. The predicted octanol–water partition coefficient (Wildman–Crippen LogP) is -0.874. The lowest BCUT2D eigenvalue weighted by Crippen LogP contribution is -2.36. The van der Waals surface area contributed by atoms with Crippen molar-refractivity contribution < 1.29 is 9.94 Å². The molecule has 0 aromatic carbocycles. The van der Waals surface area contributed by atoms with E-state index in [2.05, 4.69) is 0 Å². The summed E-state index contributed by atoms with van der Waals surface area (Å²) in [4.78, 5) is 4.84. The van der Waals surface area contributed by atoms with Gasteiger partial charge in [-0.05, 0) is 6.92 Å². The molecule has 0 atom stereocenters. The van der Waals surface area contributed by atoms with Gasteiger partial charge in [0.25, 0.3) is 0 Å². The second-order valence-electron chi connectivity index (χ2n) is 1.64. The van der Waals surface area contributed by atoms with Crippen LogP contribution in [0.3, 0.4) is 0 Å². The van der Waals surface area contributed by atoms with Crippen LogP contribution in [0, 0.1) is 5.41 Å². The molecule has 0 fully saturated rings. The Labute approximate surface area is 59.8 Å². The van der Waals surface area contributed by atoms with Crippen LogP contribution in [0.25, 0.3) is 0 Å². The molecule has 4 N–H and O–H groups in total. The van der Waals surface area contributed by atoms with Gasteiger partial charge in [0.1, 0.15) is 0 Å². The average Bonchev–Trinajstić information content (AvgIpc) is 1.89. The summed E-state index contributed by atoms with van der Waals surface area (Å²) in [6, 6.07) is 0. The molecule has 0 unspecified atom stereocenters. The minimum atomic E-state index is -0.143. The van der Waals surface area contributed by atoms with Gasteiger partial charge < -0.3 is 10.8 Å². The first-order valence-corrected chi connectivity index (χ1v) is 3.07. The van der Waals surface area contributed by atoms with Gasteiger partial charge in [0.15, 0.2) is 0 Å². The van der Waals surface area contributed by atoms with Crippen LogP contribution in [0.1, 0.15) is 6.92 Å². The lowest BCUT2D eigenvalue weighted by Gasteiger charge is -2.18. The molecule has 0 saturated heterocycles. The third-order valence-electron chi connectivity index (χ3n) is 0.894. The number of nitrogens with two attached hydrogens (primary N) is 1. The molecule has 0 rings (SSSR count). The molecule has 0 aliphatic heterocycles. The average molecular weight is 147 g/mol. The van der Waals surface area contributed by atoms with Gasteiger partial charge in [-0.3, -0.25) is 10.2 Å². The Balaban J connectivity index is 3.50. The molecule has 0 aromatic heterocycles. The molecule has 0 saturated carbocycles. The van der Waals surface area contributed by atoms with Crippen molar-refractivity contribution >= 4 is 5.96 Å². The molecule has 0 spiro atoms. The number of aliphatic hydroxyl groups is 1. The first-order valence-electron chi connectivity index (χ1n) is 3.07. The van der Waals surface area contributed by atoms with E-state index < -0.39 is 0 Å². The summed E-state index contributed by atoms with van der Waals surface area (Å²) in [6.45, 7) is 2.42. The molecular formula is C5H13N3O2. The smallest absolute Gasteiger partial charge is 0.212 e. The van der Waals surface area contributed by atoms with Gasteiger partial charge in [-0.2, -0.15) is 0 Å². The van der Waals surface area contributed by atoms with Gasteiger partial charge in [0.05, 0.1) is 13.2 Å². The van der Waals surface area contributed by atoms with Gasteiger partial charge in [-0.25, -0.2) is 5.06 Å². The van der Waals surface area contributed by atoms with Crippen molar-refractivity contribution in [2.75, 3.05) is 19.8 Å². The van der Waals surface area contributed by atoms with E-state index in [9.17, 15) is 0 Å². The van der Waals surface area contributed by atoms with Crippen molar-refractivity contribution in [2.24, 2.45) is 5.73 Å². The largest absolute Gasteiger partial charge is 0.394 e. The first-order chi connectivity index (χ1) is 4.72. The van der Waals surface area contributed by atoms with Crippen molar-refractivity contribution in [1.82, 2.24) is 5.06 Å². The summed E-state index contributed by atoms with van der Waals surface area (Å²) in [5, 5.41) is 16.5. The van der Waals surface area contributed by atoms with Crippen LogP contribution >= 0.6 is 0 Å². The van der Waals surface area contributed by atoms with Crippen LogP contribution in [0.15, 0.2) is 0 Å². The molecule has 0 radical (unpaired) electrons. The Morgan fingerprint density at radius 2 is 2.40 bits per heavy atom. The van der Waals surface area contributed by atoms with E-state index in [1.54, 1.807) is 6.92 Å². The summed E-state index contributed by atoms with van der Waals surface area (Å²) in [5.74, 6) is -0.143. The second kappa shape index (κ2) is 5.01. The fourth-order valence-corrected chi connectivity index (χ4v) is 0.482. The highest BCUT2D eigenvalue weighted by Gasteiger charge is 2.01. The van der Waals surface area contributed by atoms with Crippen molar-refractivity contribution in [3.05, 3.63) is 0 Å². The molecule has 60 valence electrons. The molecule has 0 amide bonds. The van der Waals surface area contributed by atoms with E-state index in [1.807, 2.05) is 0 Å². The molecule has 0 aliphatic rings. The second-order valence-corrected chi connectivity index (χ2v) is 1.64. The van der Waals surface area contributed by atoms with E-state index in [-0.39, 0.29) is 19.2 Å². The highest BCUT2D eigenvalue weighted by molar-refractivity contribution is 5.73. The SMILES string of the molecule is CCN(OCCO)C(=N)N. The minimum Gasteiger partial charge on any atom is -0.394 e. The third kappa shape index (κ3) is 3.26. The Kier molecular flexibility index (Phi) is 4.61. The third-order valence-corrected chi connectivity index (χ3v) is 0.894. The van der Waals surface area contributed by atoms with Crippen LogP contribution in [0.5, 0.6) is 0 Å². The number of hydrogen-bond acceptors (Lipinski definition) is 3. The Morgan fingerprint density at radius 1 is 1.80 bits per heavy atom. The molecule has 0 aliphatic carbocycles. The predicted molar refractivity (Wildman–Crippen MR) is 37.3 cm³/mol. The zero-order valence-electron chi connectivity index (χ0n) is 6.00. The fourth-order valence-electron chi connectivity index (χ4n) is 0.482. The number of aliphatic hydroxyl groups excluding tert-OH is 1. The number of hydroxylamine groups is 2. The van der Waals surface area contributed by atoms with E-state index in [1.165, 1.54) is 5.06 Å². The highest BCUT2D eigenvalue weighted by Crippen LogP contribution is 1.86. The zero-order chi connectivity index (χ0) is 7.98. The summed E-state index contributed by atoms with van der Waals surface area (Å²) < 4.78 is 0. The Bertz CT molecular complexity index is 107. The minimum absolute atomic E-state index is 0.0657. The maximum atomic E-state index is 8.33. The number of rotatable bonds is 4. The fraction of sp³-hybridized carbons (Fsp3) is 0.800. The standard InChI is InChI=1S/C5H13N3O2/c1-2-8(5(6)7)10-4-3-9/h9H,2-4H2,1H3,(H3,6,7). The number of nitrogens with one attached hydrogen (secondary N) is 1. The van der Waals surface area contributed by atoms with E-state index in [0.717, 1.165) is 0 Å². The molecular weight excluding hydrogens is 134 g/mol. The van der Waals surface area contributed by atoms with Gasteiger partial charge >= 0.3 is 0 Å². The summed E-state index contributed by atoms with van der Waals surface area (Å²) in [6.07, 6.45) is 0. The van der Waals surface area contributed by atoms with Gasteiger partial charge in [0, 0.05) is 6.54 Å². The molecule has 10 heavy (non-hydrogen) atoms. The molecule has 0 bridgehead atoms. The maximum absolute atomic E-state index is 8.33. The van der Waals surface area contributed by atoms with Gasteiger partial charge in [0.2, 0.25) is 5.96 Å². The monoisotopic (exact) mass is 147 g/mol. The van der Waals surface area contributed by atoms with Crippen LogP contribution < -0.4 is 5.73 Å². The first kappa shape index (κ1) is 9.19. The van der Waals surface area contributed by atoms with Crippen molar-refractivity contribution in [3.8, 4) is 0 Å². The van der Waals surface area contributed by atoms with Crippen LogP contribution in [0.4, 0.5) is 0 Å². The highest BCUT2D eigenvalue weighted by atomic mass is 16.7. The Morgan fingerprint density at radius 3 is 2.70 bits per heavy atom. The topological polar surface area (TPSA) is 82.6 Å². The number of guanidine groups is 1. The lowest BCUT2D eigenvalue weighted by atomic mass is 10.7. The van der Waals surface area contributed by atoms with Crippen molar-refractivity contribution in [1.29, 1.82) is 5.41 Å². The van der Waals surface area contributed by atoms with Gasteiger partial charge in [-0.1, -0.05) is 0 Å². The van der Waals surface area contributed by atoms with Crippen LogP contribution in [-0.4, -0.2) is 35.9 Å². The maximum Gasteiger partial charge on any atom is 0.212 e. The van der Waals surface area contributed by atoms with Crippen LogP contribution in [0.2, 0.25) is 0 Å². The quantitative estimate of drug-likeness (QED) is 0.274. The zero-order valence-corrected chi connectivity index (χ0v) is 6.00. The van der Waals surface area contributed by atoms with Crippen molar-refractivity contribution in [3.63, 3.8) is 0 Å².